The zero-order valence-electron chi connectivity index (χ0n) is 64.5. The van der Waals surface area contributed by atoms with E-state index in [1.807, 2.05) is 0 Å². The number of aryl methyl sites for hydroxylation is 6. The zero-order valence-corrected chi connectivity index (χ0v) is 64.5. The molecular formula is C97H128O2. The third-order valence-corrected chi connectivity index (χ3v) is 22.8. The lowest BCUT2D eigenvalue weighted by atomic mass is 9.60. The van der Waals surface area contributed by atoms with E-state index in [0.29, 0.717) is 13.2 Å². The van der Waals surface area contributed by atoms with Crippen LogP contribution in [0.25, 0.3) is 65.7 Å². The quantitative estimate of drug-likeness (QED) is 0.0296. The molecule has 0 bridgehead atoms. The third-order valence-electron chi connectivity index (χ3n) is 22.8. The molecule has 9 aromatic carbocycles. The predicted molar refractivity (Wildman–Crippen MR) is 432 cm³/mol. The van der Waals surface area contributed by atoms with Crippen LogP contribution in [0.5, 0.6) is 0 Å². The number of hydrogen-bond donors (Lipinski definition) is 0. The first kappa shape index (κ1) is 75.3. The van der Waals surface area contributed by atoms with Crippen molar-refractivity contribution < 1.29 is 9.47 Å². The van der Waals surface area contributed by atoms with Gasteiger partial charge in [0.05, 0.1) is 13.2 Å². The molecule has 0 heterocycles. The van der Waals surface area contributed by atoms with Gasteiger partial charge in [0, 0.05) is 22.0 Å². The van der Waals surface area contributed by atoms with Crippen LogP contribution in [-0.4, -0.2) is 13.2 Å². The summed E-state index contributed by atoms with van der Waals surface area (Å²) in [4.78, 5) is 0. The zero-order chi connectivity index (χ0) is 70.1. The molecule has 9 aromatic rings. The number of rotatable bonds is 34. The third kappa shape index (κ3) is 17.3. The maximum Gasteiger partial charge on any atom is 0.223 e. The van der Waals surface area contributed by atoms with Gasteiger partial charge in [0.15, 0.2) is 0 Å². The Labute approximate surface area is 602 Å². The summed E-state index contributed by atoms with van der Waals surface area (Å²) >= 11 is 0. The van der Waals surface area contributed by atoms with Gasteiger partial charge >= 0.3 is 0 Å². The summed E-state index contributed by atoms with van der Waals surface area (Å²) in [5.74, 6) is 0.589. The van der Waals surface area contributed by atoms with Crippen LogP contribution >= 0.6 is 0 Å². The molecule has 0 amide bonds. The Kier molecular flexibility index (Phi) is 27.0. The van der Waals surface area contributed by atoms with Crippen molar-refractivity contribution >= 4 is 32.3 Å². The maximum absolute atomic E-state index is 6.89. The van der Waals surface area contributed by atoms with Gasteiger partial charge in [-0.05, 0) is 205 Å². The molecule has 12 rings (SSSR count). The van der Waals surface area contributed by atoms with Crippen LogP contribution in [-0.2, 0) is 26.1 Å². The van der Waals surface area contributed by atoms with Gasteiger partial charge in [0.2, 0.25) is 5.79 Å². The first-order chi connectivity index (χ1) is 48.0. The number of hydrogen-bond acceptors (Lipinski definition) is 2. The van der Waals surface area contributed by atoms with Gasteiger partial charge in [-0.1, -0.05) is 351 Å². The summed E-state index contributed by atoms with van der Waals surface area (Å²) in [6.45, 7) is 33.5. The van der Waals surface area contributed by atoms with Crippen LogP contribution in [0.2, 0.25) is 0 Å². The molecule has 3 aliphatic carbocycles. The van der Waals surface area contributed by atoms with E-state index in [9.17, 15) is 0 Å². The Bertz CT molecular complexity index is 4050. The molecule has 0 saturated carbocycles. The van der Waals surface area contributed by atoms with E-state index >= 15 is 0 Å². The minimum atomic E-state index is -0.849. The number of fused-ring (bicyclic) bond motifs is 6. The van der Waals surface area contributed by atoms with Crippen molar-refractivity contribution in [2.24, 2.45) is 11.8 Å². The monoisotopic (exact) mass is 1320 g/mol. The highest BCUT2D eigenvalue weighted by atomic mass is 16.7. The van der Waals surface area contributed by atoms with E-state index in [1.54, 1.807) is 22.3 Å². The fourth-order valence-electron chi connectivity index (χ4n) is 17.6. The van der Waals surface area contributed by atoms with E-state index in [4.69, 9.17) is 9.47 Å². The van der Waals surface area contributed by atoms with Gasteiger partial charge in [-0.15, -0.1) is 0 Å². The second-order valence-electron chi connectivity index (χ2n) is 32.0. The lowest BCUT2D eigenvalue weighted by Gasteiger charge is -2.42. The van der Waals surface area contributed by atoms with Crippen molar-refractivity contribution in [3.8, 4) is 33.4 Å². The Morgan fingerprint density at radius 1 is 0.273 bits per heavy atom. The van der Waals surface area contributed by atoms with Crippen molar-refractivity contribution in [3.63, 3.8) is 0 Å². The molecule has 528 valence electrons. The van der Waals surface area contributed by atoms with Gasteiger partial charge < -0.3 is 9.47 Å². The molecule has 0 atom stereocenters. The average molecular weight is 1330 g/mol. The highest BCUT2D eigenvalue weighted by Crippen LogP contribution is 2.57. The SMILES string of the molecule is CCCCCCCCCC1(CCCCCCCCC)c2cc(C)ccc2-c2cccc3cc(C)cc1c23.CCCCCCOC1(OCCCCCC)c2cc(C)ccc2-c2cccc3cc(C)cc1c23.Cc1ccc2c(c1)C(CCC(C)C)(CCC(C)C)c1cc(C)cc3cccc-2c13. The van der Waals surface area contributed by atoms with Gasteiger partial charge in [-0.3, -0.25) is 0 Å². The van der Waals surface area contributed by atoms with Gasteiger partial charge in [-0.2, -0.15) is 0 Å². The molecule has 0 radical (unpaired) electrons. The summed E-state index contributed by atoms with van der Waals surface area (Å²) in [6.07, 6.45) is 36.4. The van der Waals surface area contributed by atoms with Crippen molar-refractivity contribution in [2.45, 2.75) is 293 Å². The molecular weight excluding hydrogens is 1200 g/mol. The lowest BCUT2D eigenvalue weighted by molar-refractivity contribution is -0.218. The van der Waals surface area contributed by atoms with Crippen LogP contribution in [0.1, 0.15) is 302 Å². The van der Waals surface area contributed by atoms with E-state index in [-0.39, 0.29) is 10.8 Å². The second-order valence-corrected chi connectivity index (χ2v) is 32.0. The minimum absolute atomic E-state index is 0.120. The number of benzene rings is 9. The fourth-order valence-corrected chi connectivity index (χ4v) is 17.6. The highest BCUT2D eigenvalue weighted by Gasteiger charge is 2.45. The second kappa shape index (κ2) is 35.5. The molecule has 0 saturated heterocycles. The molecule has 2 heteroatoms. The van der Waals surface area contributed by atoms with Crippen molar-refractivity contribution in [3.05, 3.63) is 212 Å². The molecule has 0 aromatic heterocycles. The Morgan fingerprint density at radius 2 is 0.576 bits per heavy atom. The Morgan fingerprint density at radius 3 is 0.949 bits per heavy atom. The first-order valence-corrected chi connectivity index (χ1v) is 40.3. The summed E-state index contributed by atoms with van der Waals surface area (Å²) in [7, 11) is 0. The van der Waals surface area contributed by atoms with Crippen LogP contribution < -0.4 is 0 Å². The largest absolute Gasteiger partial charge is 0.342 e. The Hall–Kier alpha value is -6.32. The van der Waals surface area contributed by atoms with Gasteiger partial charge in [0.25, 0.3) is 0 Å². The van der Waals surface area contributed by atoms with E-state index in [1.165, 1.54) is 277 Å². The summed E-state index contributed by atoms with van der Waals surface area (Å²) in [5, 5.41) is 8.42. The van der Waals surface area contributed by atoms with E-state index < -0.39 is 5.79 Å². The summed E-state index contributed by atoms with van der Waals surface area (Å²) in [6, 6.07) is 56.3. The van der Waals surface area contributed by atoms with E-state index in [0.717, 1.165) is 24.7 Å². The molecule has 0 fully saturated rings. The smallest absolute Gasteiger partial charge is 0.223 e. The molecule has 2 nitrogen and oxygen atoms in total. The molecule has 0 aliphatic heterocycles. The highest BCUT2D eigenvalue weighted by molar-refractivity contribution is 6.06. The number of ether oxygens (including phenoxy) is 2. The average Bonchev–Trinajstić information content (AvgIpc) is 0.726. The molecule has 0 N–H and O–H groups in total. The molecule has 0 unspecified atom stereocenters. The first-order valence-electron chi connectivity index (χ1n) is 40.3. The standard InChI is InChI=1S/C37H52.C31H40O2.C29H36/c1-5-7-9-11-13-15-17-24-37(25-18-16-14-12-10-8-6-2)34-27-29(3)22-23-32(34)33-21-19-20-31-26-30(4)28-35(37)36(31)33;1-5-7-9-11-18-32-31(33-19-12-10-8-6-2)28-21-23(3)16-17-26(28)27-15-13-14-25-20-24(4)22-29(31)30(25)27;1-19(2)12-14-29(15-13-20(3)4)26-17-21(5)10-11-24(26)25-9-7-8-23-16-22(6)18-27(29)28(23)25/h19-23,26-28H,5-18,24-25H2,1-4H3;13-17,20-22H,5-12,18-19H2,1-4H3;7-11,16-20H,12-15H2,1-6H3. The minimum Gasteiger partial charge on any atom is -0.342 e. The topological polar surface area (TPSA) is 18.5 Å². The molecule has 0 spiro atoms. The fraction of sp³-hybridized carbons (Fsp3) is 0.505. The van der Waals surface area contributed by atoms with Crippen LogP contribution in [0.4, 0.5) is 0 Å². The van der Waals surface area contributed by atoms with Crippen LogP contribution in [0.15, 0.2) is 146 Å². The Balaban J connectivity index is 0.000000162. The normalized spacial score (nSPS) is 14.1. The summed E-state index contributed by atoms with van der Waals surface area (Å²) < 4.78 is 13.8. The van der Waals surface area contributed by atoms with Gasteiger partial charge in [0.1, 0.15) is 0 Å². The maximum atomic E-state index is 6.89. The predicted octanol–water partition coefficient (Wildman–Crippen LogP) is 29.4. The van der Waals surface area contributed by atoms with Crippen molar-refractivity contribution in [1.29, 1.82) is 0 Å². The van der Waals surface area contributed by atoms with E-state index in [2.05, 4.69) is 243 Å². The van der Waals surface area contributed by atoms with Crippen molar-refractivity contribution in [1.82, 2.24) is 0 Å². The van der Waals surface area contributed by atoms with Crippen LogP contribution in [0, 0.1) is 53.4 Å². The van der Waals surface area contributed by atoms with Crippen molar-refractivity contribution in [2.75, 3.05) is 13.2 Å². The summed E-state index contributed by atoms with van der Waals surface area (Å²) in [5.41, 5.74) is 25.5. The van der Waals surface area contributed by atoms with Gasteiger partial charge in [-0.25, -0.2) is 0 Å². The molecule has 99 heavy (non-hydrogen) atoms. The van der Waals surface area contributed by atoms with Crippen LogP contribution in [0.3, 0.4) is 0 Å². The number of unbranched alkanes of at least 4 members (excludes halogenated alkanes) is 18. The lowest BCUT2D eigenvalue weighted by Crippen LogP contribution is -2.38. The molecule has 3 aliphatic rings.